The van der Waals surface area contributed by atoms with E-state index in [1.807, 2.05) is 25.1 Å². The molecule has 1 aromatic carbocycles. The van der Waals surface area contributed by atoms with Crippen LogP contribution in [0.25, 0.3) is 0 Å². The van der Waals surface area contributed by atoms with Crippen LogP contribution >= 0.6 is 11.6 Å². The third kappa shape index (κ3) is 3.33. The molecule has 0 radical (unpaired) electrons. The van der Waals surface area contributed by atoms with Gasteiger partial charge in [0.15, 0.2) is 0 Å². The van der Waals surface area contributed by atoms with E-state index >= 15 is 0 Å². The van der Waals surface area contributed by atoms with Gasteiger partial charge in [0.25, 0.3) is 5.91 Å². The number of benzene rings is 1. The Hall–Kier alpha value is -2.60. The minimum atomic E-state index is -0.245. The van der Waals surface area contributed by atoms with E-state index in [1.165, 1.54) is 4.90 Å². The second kappa shape index (κ2) is 6.88. The first-order valence-corrected chi connectivity index (χ1v) is 8.01. The molecule has 3 rings (SSSR count). The normalized spacial score (nSPS) is 15.1. The van der Waals surface area contributed by atoms with Gasteiger partial charge in [0.05, 0.1) is 22.4 Å². The Morgan fingerprint density at radius 3 is 2.88 bits per heavy atom. The SMILES string of the molecule is CC(NC(=O)c1ccc(Cl)c(N2CCNC2=O)c1)c1ccccn1. The fourth-order valence-electron chi connectivity index (χ4n) is 2.55. The highest BCUT2D eigenvalue weighted by Gasteiger charge is 2.24. The first kappa shape index (κ1) is 16.3. The van der Waals surface area contributed by atoms with Crippen molar-refractivity contribution in [1.29, 1.82) is 0 Å². The van der Waals surface area contributed by atoms with Crippen LogP contribution in [0, 0.1) is 0 Å². The highest BCUT2D eigenvalue weighted by atomic mass is 35.5. The molecule has 1 saturated heterocycles. The Bertz CT molecular complexity index is 766. The van der Waals surface area contributed by atoms with E-state index in [9.17, 15) is 9.59 Å². The average molecular weight is 345 g/mol. The Labute approximate surface area is 144 Å². The lowest BCUT2D eigenvalue weighted by Gasteiger charge is -2.18. The summed E-state index contributed by atoms with van der Waals surface area (Å²) in [5.74, 6) is -0.245. The fourth-order valence-corrected chi connectivity index (χ4v) is 2.77. The molecule has 1 atom stereocenters. The molecule has 2 aromatic rings. The summed E-state index contributed by atoms with van der Waals surface area (Å²) < 4.78 is 0. The maximum Gasteiger partial charge on any atom is 0.322 e. The minimum absolute atomic E-state index is 0.212. The minimum Gasteiger partial charge on any atom is -0.344 e. The third-order valence-electron chi connectivity index (χ3n) is 3.83. The van der Waals surface area contributed by atoms with E-state index in [-0.39, 0.29) is 18.0 Å². The Morgan fingerprint density at radius 2 is 2.21 bits per heavy atom. The van der Waals surface area contributed by atoms with Gasteiger partial charge >= 0.3 is 6.03 Å². The highest BCUT2D eigenvalue weighted by Crippen LogP contribution is 2.28. The number of urea groups is 1. The molecule has 0 bridgehead atoms. The lowest BCUT2D eigenvalue weighted by Crippen LogP contribution is -2.29. The van der Waals surface area contributed by atoms with E-state index in [1.54, 1.807) is 24.4 Å². The van der Waals surface area contributed by atoms with Crippen LogP contribution in [0.1, 0.15) is 29.0 Å². The van der Waals surface area contributed by atoms with Gasteiger partial charge in [-0.2, -0.15) is 0 Å². The fraction of sp³-hybridized carbons (Fsp3) is 0.235. The van der Waals surface area contributed by atoms with Gasteiger partial charge in [0.1, 0.15) is 0 Å². The zero-order valence-electron chi connectivity index (χ0n) is 13.1. The highest BCUT2D eigenvalue weighted by molar-refractivity contribution is 6.34. The number of aromatic nitrogens is 1. The van der Waals surface area contributed by atoms with Crippen molar-refractivity contribution in [3.63, 3.8) is 0 Å². The lowest BCUT2D eigenvalue weighted by atomic mass is 10.1. The van der Waals surface area contributed by atoms with E-state index < -0.39 is 0 Å². The zero-order chi connectivity index (χ0) is 17.1. The molecule has 0 aliphatic carbocycles. The molecule has 3 amide bonds. The Kier molecular flexibility index (Phi) is 4.66. The molecule has 0 saturated carbocycles. The van der Waals surface area contributed by atoms with Gasteiger partial charge in [-0.15, -0.1) is 0 Å². The molecule has 1 aliphatic rings. The molecule has 2 N–H and O–H groups in total. The molecule has 1 aromatic heterocycles. The Balaban J connectivity index is 1.79. The maximum atomic E-state index is 12.5. The zero-order valence-corrected chi connectivity index (χ0v) is 13.9. The number of carbonyl (C=O) groups is 2. The Morgan fingerprint density at radius 1 is 1.38 bits per heavy atom. The van der Waals surface area contributed by atoms with Crippen LogP contribution in [-0.4, -0.2) is 30.0 Å². The number of hydrogen-bond acceptors (Lipinski definition) is 3. The second-order valence-corrected chi connectivity index (χ2v) is 5.91. The molecule has 124 valence electrons. The number of amides is 3. The van der Waals surface area contributed by atoms with E-state index in [0.29, 0.717) is 29.4 Å². The molecule has 2 heterocycles. The molecular weight excluding hydrogens is 328 g/mol. The number of hydrogen-bond donors (Lipinski definition) is 2. The summed E-state index contributed by atoms with van der Waals surface area (Å²) in [6.45, 7) is 2.95. The number of rotatable bonds is 4. The van der Waals surface area contributed by atoms with Crippen LogP contribution in [0.4, 0.5) is 10.5 Å². The lowest BCUT2D eigenvalue weighted by molar-refractivity contribution is 0.0939. The van der Waals surface area contributed by atoms with Gasteiger partial charge < -0.3 is 10.6 Å². The monoisotopic (exact) mass is 344 g/mol. The van der Waals surface area contributed by atoms with Crippen molar-refractivity contribution in [2.24, 2.45) is 0 Å². The summed E-state index contributed by atoms with van der Waals surface area (Å²) >= 11 is 6.18. The predicted molar refractivity (Wildman–Crippen MR) is 92.3 cm³/mol. The van der Waals surface area contributed by atoms with Gasteiger partial charge in [0, 0.05) is 24.8 Å². The summed E-state index contributed by atoms with van der Waals surface area (Å²) in [6.07, 6.45) is 1.68. The number of pyridine rings is 1. The third-order valence-corrected chi connectivity index (χ3v) is 4.15. The maximum absolute atomic E-state index is 12.5. The van der Waals surface area contributed by atoms with Crippen molar-refractivity contribution in [2.75, 3.05) is 18.0 Å². The van der Waals surface area contributed by atoms with E-state index in [4.69, 9.17) is 11.6 Å². The standard InChI is InChI=1S/C17H17ClN4O2/c1-11(14-4-2-3-7-19-14)21-16(23)12-5-6-13(18)15(10-12)22-9-8-20-17(22)24/h2-7,10-11H,8-9H2,1H3,(H,20,24)(H,21,23). The van der Waals surface area contributed by atoms with Gasteiger partial charge in [-0.3, -0.25) is 14.7 Å². The van der Waals surface area contributed by atoms with Crippen molar-refractivity contribution in [1.82, 2.24) is 15.6 Å². The first-order chi connectivity index (χ1) is 11.6. The van der Waals surface area contributed by atoms with E-state index in [2.05, 4.69) is 15.6 Å². The van der Waals surface area contributed by atoms with Crippen molar-refractivity contribution >= 4 is 29.2 Å². The predicted octanol–water partition coefficient (Wildman–Crippen LogP) is 2.76. The van der Waals surface area contributed by atoms with Crippen LogP contribution in [-0.2, 0) is 0 Å². The van der Waals surface area contributed by atoms with Crippen LogP contribution in [0.15, 0.2) is 42.6 Å². The van der Waals surface area contributed by atoms with E-state index in [0.717, 1.165) is 5.69 Å². The number of halogens is 1. The van der Waals surface area contributed by atoms with Gasteiger partial charge in [-0.25, -0.2) is 4.79 Å². The van der Waals surface area contributed by atoms with Crippen molar-refractivity contribution in [2.45, 2.75) is 13.0 Å². The summed E-state index contributed by atoms with van der Waals surface area (Å²) in [5, 5.41) is 6.05. The molecule has 7 heteroatoms. The quantitative estimate of drug-likeness (QED) is 0.895. The van der Waals surface area contributed by atoms with Crippen LogP contribution in [0.5, 0.6) is 0 Å². The van der Waals surface area contributed by atoms with Crippen LogP contribution in [0.3, 0.4) is 0 Å². The van der Waals surface area contributed by atoms with Crippen molar-refractivity contribution in [3.05, 3.63) is 58.9 Å². The summed E-state index contributed by atoms with van der Waals surface area (Å²) in [5.41, 5.74) is 1.75. The van der Waals surface area contributed by atoms with Crippen molar-refractivity contribution < 1.29 is 9.59 Å². The topological polar surface area (TPSA) is 74.3 Å². The molecular formula is C17H17ClN4O2. The van der Waals surface area contributed by atoms with Crippen LogP contribution in [0.2, 0.25) is 5.02 Å². The number of nitrogens with zero attached hydrogens (tertiary/aromatic N) is 2. The largest absolute Gasteiger partial charge is 0.344 e. The van der Waals surface area contributed by atoms with Gasteiger partial charge in [-0.05, 0) is 37.3 Å². The summed E-state index contributed by atoms with van der Waals surface area (Å²) in [4.78, 5) is 30.1. The second-order valence-electron chi connectivity index (χ2n) is 5.50. The smallest absolute Gasteiger partial charge is 0.322 e. The van der Waals surface area contributed by atoms with Crippen molar-refractivity contribution in [3.8, 4) is 0 Å². The van der Waals surface area contributed by atoms with Gasteiger partial charge in [-0.1, -0.05) is 17.7 Å². The first-order valence-electron chi connectivity index (χ1n) is 7.63. The molecule has 24 heavy (non-hydrogen) atoms. The van der Waals surface area contributed by atoms with Gasteiger partial charge in [0.2, 0.25) is 0 Å². The summed E-state index contributed by atoms with van der Waals surface area (Å²) in [7, 11) is 0. The molecule has 1 fully saturated rings. The number of carbonyl (C=O) groups excluding carboxylic acids is 2. The number of nitrogens with one attached hydrogen (secondary N) is 2. The molecule has 1 unspecified atom stereocenters. The summed E-state index contributed by atoms with van der Waals surface area (Å²) in [6, 6.07) is 10.0. The number of anilines is 1. The molecule has 6 nitrogen and oxygen atoms in total. The molecule has 0 spiro atoms. The van der Waals surface area contributed by atoms with Crippen LogP contribution < -0.4 is 15.5 Å². The average Bonchev–Trinajstić information content (AvgIpc) is 3.02. The molecule has 1 aliphatic heterocycles.